The lowest BCUT2D eigenvalue weighted by atomic mass is 10.1. The molecule has 2 aromatic carbocycles. The maximum atomic E-state index is 12.6. The SMILES string of the molecule is N#CC1C[C@@H]1C(=O)Nc1c[nH]c2ccc(CCOc3ccc(C(F)(F)F)cc3)cc12. The Morgan fingerprint density at radius 1 is 1.23 bits per heavy atom. The number of nitrogens with one attached hydrogen (secondary N) is 2. The molecule has 5 nitrogen and oxygen atoms in total. The minimum Gasteiger partial charge on any atom is -0.493 e. The van der Waals surface area contributed by atoms with Crippen molar-refractivity contribution in [3.05, 3.63) is 59.8 Å². The highest BCUT2D eigenvalue weighted by Crippen LogP contribution is 2.39. The Morgan fingerprint density at radius 2 is 2.00 bits per heavy atom. The first-order valence-electron chi connectivity index (χ1n) is 9.45. The lowest BCUT2D eigenvalue weighted by Gasteiger charge is -2.09. The second-order valence-corrected chi connectivity index (χ2v) is 7.27. The van der Waals surface area contributed by atoms with Gasteiger partial charge in [0.1, 0.15) is 5.75 Å². The van der Waals surface area contributed by atoms with Crippen LogP contribution in [0.15, 0.2) is 48.7 Å². The molecule has 2 N–H and O–H groups in total. The van der Waals surface area contributed by atoms with Gasteiger partial charge in [-0.25, -0.2) is 0 Å². The van der Waals surface area contributed by atoms with Gasteiger partial charge in [-0.15, -0.1) is 0 Å². The molecule has 0 aliphatic heterocycles. The molecule has 1 aromatic heterocycles. The first-order chi connectivity index (χ1) is 14.3. The van der Waals surface area contributed by atoms with Crippen LogP contribution in [0.25, 0.3) is 10.9 Å². The fourth-order valence-corrected chi connectivity index (χ4v) is 3.31. The Kier molecular flexibility index (Phi) is 5.12. The van der Waals surface area contributed by atoms with Crippen LogP contribution in [0.3, 0.4) is 0 Å². The second kappa shape index (κ2) is 7.75. The molecule has 0 spiro atoms. The highest BCUT2D eigenvalue weighted by atomic mass is 19.4. The van der Waals surface area contributed by atoms with E-state index in [-0.39, 0.29) is 17.7 Å². The molecule has 1 aliphatic carbocycles. The normalized spacial score (nSPS) is 18.1. The van der Waals surface area contributed by atoms with E-state index in [1.807, 2.05) is 18.2 Å². The number of H-pyrrole nitrogens is 1. The van der Waals surface area contributed by atoms with E-state index in [0.717, 1.165) is 28.6 Å². The van der Waals surface area contributed by atoms with Crippen LogP contribution in [0.2, 0.25) is 0 Å². The van der Waals surface area contributed by atoms with Crippen LogP contribution in [-0.4, -0.2) is 17.5 Å². The first-order valence-corrected chi connectivity index (χ1v) is 9.45. The third kappa shape index (κ3) is 4.25. The van der Waals surface area contributed by atoms with Gasteiger partial charge in [-0.2, -0.15) is 18.4 Å². The summed E-state index contributed by atoms with van der Waals surface area (Å²) in [4.78, 5) is 15.3. The molecule has 30 heavy (non-hydrogen) atoms. The molecule has 0 bridgehead atoms. The van der Waals surface area contributed by atoms with Crippen molar-refractivity contribution in [2.45, 2.75) is 19.0 Å². The van der Waals surface area contributed by atoms with Crippen LogP contribution in [-0.2, 0) is 17.4 Å². The number of rotatable bonds is 6. The number of carbonyl (C=O) groups excluding carboxylic acids is 1. The molecule has 4 rings (SSSR count). The summed E-state index contributed by atoms with van der Waals surface area (Å²) < 4.78 is 43.4. The van der Waals surface area contributed by atoms with Crippen LogP contribution < -0.4 is 10.1 Å². The molecule has 2 atom stereocenters. The van der Waals surface area contributed by atoms with Crippen molar-refractivity contribution in [3.8, 4) is 11.8 Å². The van der Waals surface area contributed by atoms with Crippen molar-refractivity contribution >= 4 is 22.5 Å². The number of ether oxygens (including phenoxy) is 1. The van der Waals surface area contributed by atoms with Crippen molar-refractivity contribution in [3.63, 3.8) is 0 Å². The summed E-state index contributed by atoms with van der Waals surface area (Å²) in [6.07, 6.45) is -1.51. The number of amides is 1. The molecule has 1 amide bonds. The van der Waals surface area contributed by atoms with E-state index in [9.17, 15) is 18.0 Å². The average molecular weight is 413 g/mol. The number of hydrogen-bond donors (Lipinski definition) is 2. The van der Waals surface area contributed by atoms with Crippen LogP contribution >= 0.6 is 0 Å². The van der Waals surface area contributed by atoms with E-state index in [0.29, 0.717) is 30.9 Å². The van der Waals surface area contributed by atoms with Crippen molar-refractivity contribution in [1.29, 1.82) is 5.26 Å². The maximum absolute atomic E-state index is 12.6. The number of aromatic amines is 1. The predicted molar refractivity (Wildman–Crippen MR) is 105 cm³/mol. The highest BCUT2D eigenvalue weighted by molar-refractivity contribution is 6.03. The van der Waals surface area contributed by atoms with Crippen molar-refractivity contribution in [2.24, 2.45) is 11.8 Å². The van der Waals surface area contributed by atoms with Gasteiger partial charge in [0.2, 0.25) is 5.91 Å². The van der Waals surface area contributed by atoms with Crippen LogP contribution in [0.5, 0.6) is 5.75 Å². The lowest BCUT2D eigenvalue weighted by Crippen LogP contribution is -2.14. The van der Waals surface area contributed by atoms with Crippen LogP contribution in [0.1, 0.15) is 17.5 Å². The standard InChI is InChI=1S/C22H18F3N3O2/c23-22(24,25)15-2-4-16(5-3-15)30-8-7-13-1-6-19-18(9-13)20(12-27-19)28-21(29)17-10-14(17)11-26/h1-6,9,12,14,17,27H,7-8,10H2,(H,28,29)/t14?,17-/m0/s1. The Balaban J connectivity index is 1.38. The van der Waals surface area contributed by atoms with Gasteiger partial charge in [-0.1, -0.05) is 6.07 Å². The monoisotopic (exact) mass is 413 g/mol. The van der Waals surface area contributed by atoms with Crippen LogP contribution in [0, 0.1) is 23.2 Å². The number of nitriles is 1. The van der Waals surface area contributed by atoms with E-state index in [4.69, 9.17) is 10.00 Å². The van der Waals surface area contributed by atoms with Gasteiger partial charge in [-0.05, 0) is 48.4 Å². The topological polar surface area (TPSA) is 77.9 Å². The first kappa shape index (κ1) is 19.8. The largest absolute Gasteiger partial charge is 0.493 e. The highest BCUT2D eigenvalue weighted by Gasteiger charge is 2.43. The number of alkyl halides is 3. The zero-order chi connectivity index (χ0) is 21.3. The van der Waals surface area contributed by atoms with E-state index < -0.39 is 11.7 Å². The van der Waals surface area contributed by atoms with Crippen molar-refractivity contribution < 1.29 is 22.7 Å². The molecule has 0 saturated heterocycles. The van der Waals surface area contributed by atoms with E-state index in [1.54, 1.807) is 6.20 Å². The Labute approximate surface area is 170 Å². The van der Waals surface area contributed by atoms with Crippen molar-refractivity contribution in [1.82, 2.24) is 4.98 Å². The molecule has 1 unspecified atom stereocenters. The Bertz CT molecular complexity index is 1110. The molecule has 8 heteroatoms. The smallest absolute Gasteiger partial charge is 0.416 e. The molecular formula is C22H18F3N3O2. The quantitative estimate of drug-likeness (QED) is 0.603. The number of anilines is 1. The van der Waals surface area contributed by atoms with Gasteiger partial charge in [0.05, 0.1) is 35.8 Å². The fraction of sp³-hybridized carbons (Fsp3) is 0.273. The summed E-state index contributed by atoms with van der Waals surface area (Å²) in [5, 5.41) is 12.6. The number of benzene rings is 2. The van der Waals surface area contributed by atoms with E-state index >= 15 is 0 Å². The second-order valence-electron chi connectivity index (χ2n) is 7.27. The minimum atomic E-state index is -4.37. The molecule has 1 heterocycles. The Hall–Kier alpha value is -3.47. The molecule has 1 aliphatic rings. The summed E-state index contributed by atoms with van der Waals surface area (Å²) >= 11 is 0. The van der Waals surface area contributed by atoms with E-state index in [1.165, 1.54) is 12.1 Å². The number of nitrogens with zero attached hydrogens (tertiary/aromatic N) is 1. The molecule has 1 fully saturated rings. The average Bonchev–Trinajstić information content (AvgIpc) is 3.42. The summed E-state index contributed by atoms with van der Waals surface area (Å²) in [5.74, 6) is -0.234. The maximum Gasteiger partial charge on any atom is 0.416 e. The lowest BCUT2D eigenvalue weighted by molar-refractivity contribution is -0.137. The number of hydrogen-bond acceptors (Lipinski definition) is 3. The van der Waals surface area contributed by atoms with Crippen LogP contribution in [0.4, 0.5) is 18.9 Å². The van der Waals surface area contributed by atoms with Gasteiger partial charge < -0.3 is 15.0 Å². The zero-order valence-corrected chi connectivity index (χ0v) is 15.8. The third-order valence-electron chi connectivity index (χ3n) is 5.14. The molecule has 3 aromatic rings. The van der Waals surface area contributed by atoms with Gasteiger partial charge in [-0.3, -0.25) is 4.79 Å². The molecule has 154 valence electrons. The number of fused-ring (bicyclic) bond motifs is 1. The number of aromatic nitrogens is 1. The third-order valence-corrected chi connectivity index (χ3v) is 5.14. The molecule has 1 saturated carbocycles. The van der Waals surface area contributed by atoms with Crippen molar-refractivity contribution in [2.75, 3.05) is 11.9 Å². The fourth-order valence-electron chi connectivity index (χ4n) is 3.31. The molecule has 0 radical (unpaired) electrons. The number of carbonyl (C=O) groups is 1. The zero-order valence-electron chi connectivity index (χ0n) is 15.8. The van der Waals surface area contributed by atoms with Gasteiger partial charge >= 0.3 is 6.18 Å². The summed E-state index contributed by atoms with van der Waals surface area (Å²) in [6.45, 7) is 0.301. The molecular weight excluding hydrogens is 395 g/mol. The van der Waals surface area contributed by atoms with Gasteiger partial charge in [0.25, 0.3) is 0 Å². The van der Waals surface area contributed by atoms with Gasteiger partial charge in [0.15, 0.2) is 0 Å². The minimum absolute atomic E-state index is 0.154. The summed E-state index contributed by atoms with van der Waals surface area (Å²) in [7, 11) is 0. The summed E-state index contributed by atoms with van der Waals surface area (Å²) in [5.41, 5.74) is 1.77. The summed E-state index contributed by atoms with van der Waals surface area (Å²) in [6, 6.07) is 12.5. The predicted octanol–water partition coefficient (Wildman–Crippen LogP) is 4.91. The Morgan fingerprint density at radius 3 is 2.67 bits per heavy atom. The number of halogens is 3. The van der Waals surface area contributed by atoms with E-state index in [2.05, 4.69) is 16.4 Å². The van der Waals surface area contributed by atoms with Gasteiger partial charge in [0, 0.05) is 23.5 Å².